The topological polar surface area (TPSA) is 59.2 Å². The van der Waals surface area contributed by atoms with E-state index in [4.69, 9.17) is 28.9 Å². The minimum Gasteiger partial charge on any atom is -0.397 e. The quantitative estimate of drug-likeness (QED) is 0.396. The number of nitrogen functional groups attached to an aromatic ring is 1. The molecule has 2 aromatic carbocycles. The van der Waals surface area contributed by atoms with Crippen molar-refractivity contribution in [2.75, 3.05) is 10.6 Å². The highest BCUT2D eigenvalue weighted by Gasteiger charge is 2.50. The molecule has 1 fully saturated rings. The van der Waals surface area contributed by atoms with Crippen molar-refractivity contribution < 1.29 is 4.79 Å². The number of rotatable bonds is 5. The summed E-state index contributed by atoms with van der Waals surface area (Å²) < 4.78 is 0. The fraction of sp³-hybridized carbons (Fsp3) is 0.259. The normalized spacial score (nSPS) is 22.9. The summed E-state index contributed by atoms with van der Waals surface area (Å²) >= 11 is 12.6. The predicted octanol–water partition coefficient (Wildman–Crippen LogP) is 7.12. The lowest BCUT2D eigenvalue weighted by atomic mass is 9.67. The second-order valence-electron chi connectivity index (χ2n) is 9.00. The van der Waals surface area contributed by atoms with Crippen LogP contribution in [-0.4, -0.2) is 10.9 Å². The van der Waals surface area contributed by atoms with Gasteiger partial charge in [0.1, 0.15) is 5.82 Å². The second-order valence-corrected chi connectivity index (χ2v) is 9.87. The number of nitrogens with zero attached hydrogens (tertiary/aromatic N) is 2. The van der Waals surface area contributed by atoms with Crippen LogP contribution in [0.3, 0.4) is 0 Å². The minimum absolute atomic E-state index is 0.0148. The van der Waals surface area contributed by atoms with Crippen LogP contribution in [0.5, 0.6) is 0 Å². The molecule has 0 saturated carbocycles. The first-order valence-electron chi connectivity index (χ1n) is 10.9. The molecule has 4 nitrogen and oxygen atoms in total. The maximum Gasteiger partial charge on any atom is 0.235 e. The van der Waals surface area contributed by atoms with Crippen LogP contribution in [-0.2, 0) is 4.79 Å². The maximum absolute atomic E-state index is 14.1. The molecule has 0 aliphatic carbocycles. The van der Waals surface area contributed by atoms with E-state index in [1.165, 1.54) is 0 Å². The van der Waals surface area contributed by atoms with E-state index < -0.39 is 5.41 Å². The van der Waals surface area contributed by atoms with Gasteiger partial charge in [0.2, 0.25) is 5.91 Å². The summed E-state index contributed by atoms with van der Waals surface area (Å²) in [6.45, 7) is 7.86. The molecule has 3 aromatic rings. The Balaban J connectivity index is 1.98. The summed E-state index contributed by atoms with van der Waals surface area (Å²) in [5.74, 6) is 0.600. The van der Waals surface area contributed by atoms with Crippen LogP contribution >= 0.6 is 23.2 Å². The van der Waals surface area contributed by atoms with Gasteiger partial charge in [-0.15, -0.1) is 6.58 Å². The molecule has 0 radical (unpaired) electrons. The summed E-state index contributed by atoms with van der Waals surface area (Å²) in [4.78, 5) is 20.6. The van der Waals surface area contributed by atoms with Crippen molar-refractivity contribution in [3.8, 4) is 0 Å². The Hall–Kier alpha value is -2.82. The van der Waals surface area contributed by atoms with Crippen molar-refractivity contribution in [2.45, 2.75) is 38.6 Å². The molecule has 1 saturated heterocycles. The van der Waals surface area contributed by atoms with Gasteiger partial charge in [-0.2, -0.15) is 0 Å². The summed E-state index contributed by atoms with van der Waals surface area (Å²) in [7, 11) is 0. The highest BCUT2D eigenvalue weighted by atomic mass is 35.5. The summed E-state index contributed by atoms with van der Waals surface area (Å²) in [6, 6.07) is 17.1. The lowest BCUT2D eigenvalue weighted by Crippen LogP contribution is -2.52. The molecule has 1 amide bonds. The molecule has 6 heteroatoms. The van der Waals surface area contributed by atoms with Crippen LogP contribution in [0.15, 0.2) is 73.4 Å². The van der Waals surface area contributed by atoms with Gasteiger partial charge in [0.25, 0.3) is 0 Å². The Bertz CT molecular complexity index is 1190. The molecule has 1 aromatic heterocycles. The van der Waals surface area contributed by atoms with Gasteiger partial charge in [-0.05, 0) is 66.8 Å². The van der Waals surface area contributed by atoms with Gasteiger partial charge in [0.15, 0.2) is 0 Å². The molecule has 0 bridgehead atoms. The average molecular weight is 480 g/mol. The van der Waals surface area contributed by atoms with E-state index in [1.54, 1.807) is 6.20 Å². The molecule has 0 spiro atoms. The fourth-order valence-electron chi connectivity index (χ4n) is 4.92. The van der Waals surface area contributed by atoms with E-state index in [9.17, 15) is 4.79 Å². The van der Waals surface area contributed by atoms with E-state index in [0.717, 1.165) is 16.7 Å². The minimum atomic E-state index is -0.646. The Morgan fingerprint density at radius 3 is 2.52 bits per heavy atom. The van der Waals surface area contributed by atoms with Crippen molar-refractivity contribution in [2.24, 2.45) is 5.41 Å². The van der Waals surface area contributed by atoms with Crippen LogP contribution in [0.4, 0.5) is 11.5 Å². The Morgan fingerprint density at radius 1 is 1.15 bits per heavy atom. The van der Waals surface area contributed by atoms with Crippen molar-refractivity contribution in [3.05, 3.63) is 100 Å². The number of aryl methyl sites for hydroxylation is 1. The number of hydrogen-bond acceptors (Lipinski definition) is 3. The molecule has 4 rings (SSSR count). The monoisotopic (exact) mass is 479 g/mol. The van der Waals surface area contributed by atoms with Gasteiger partial charge in [0.05, 0.1) is 23.3 Å². The zero-order valence-electron chi connectivity index (χ0n) is 18.8. The molecule has 33 heavy (non-hydrogen) atoms. The number of piperidine rings is 1. The van der Waals surface area contributed by atoms with Gasteiger partial charge in [0, 0.05) is 16.0 Å². The van der Waals surface area contributed by atoms with Crippen molar-refractivity contribution in [1.82, 2.24) is 4.98 Å². The molecule has 3 atom stereocenters. The average Bonchev–Trinajstić information content (AvgIpc) is 2.77. The van der Waals surface area contributed by atoms with Crippen LogP contribution in [0.2, 0.25) is 10.0 Å². The van der Waals surface area contributed by atoms with Gasteiger partial charge in [-0.1, -0.05) is 60.5 Å². The number of carbonyl (C=O) groups excluding carboxylic acids is 1. The highest BCUT2D eigenvalue weighted by Crippen LogP contribution is 2.52. The van der Waals surface area contributed by atoms with Crippen LogP contribution < -0.4 is 10.6 Å². The van der Waals surface area contributed by atoms with E-state index >= 15 is 0 Å². The standard InChI is InChI=1S/C27H27Cl2N3O/c1-4-12-27(3)15-23(19-6-5-7-21(29)14-19)24(18-8-10-20(28)11-9-18)32(26(27)33)25-17(2)13-22(30)16-31-25/h4-11,13-14,16,23-24H,1,12,15,30H2,2-3H3/t23?,24?,27-/m0/s1. The van der Waals surface area contributed by atoms with E-state index in [2.05, 4.69) is 17.6 Å². The third-order valence-electron chi connectivity index (χ3n) is 6.45. The molecule has 2 N–H and O–H groups in total. The number of allylic oxidation sites excluding steroid dienone is 1. The van der Waals surface area contributed by atoms with E-state index in [0.29, 0.717) is 34.4 Å². The number of carbonyl (C=O) groups is 1. The fourth-order valence-corrected chi connectivity index (χ4v) is 5.24. The first kappa shape index (κ1) is 23.3. The van der Waals surface area contributed by atoms with Gasteiger partial charge >= 0.3 is 0 Å². The number of nitrogens with two attached hydrogens (primary N) is 1. The number of pyridine rings is 1. The predicted molar refractivity (Wildman–Crippen MR) is 137 cm³/mol. The number of anilines is 2. The molecular weight excluding hydrogens is 453 g/mol. The van der Waals surface area contributed by atoms with Gasteiger partial charge < -0.3 is 5.73 Å². The summed E-state index contributed by atoms with van der Waals surface area (Å²) in [5, 5.41) is 1.31. The number of aromatic nitrogens is 1. The molecule has 2 unspecified atom stereocenters. The smallest absolute Gasteiger partial charge is 0.235 e. The van der Waals surface area contributed by atoms with Crippen LogP contribution in [0.1, 0.15) is 48.4 Å². The van der Waals surface area contributed by atoms with Gasteiger partial charge in [-0.3, -0.25) is 9.69 Å². The Labute approximate surface area is 205 Å². The lowest BCUT2D eigenvalue weighted by Gasteiger charge is -2.49. The number of amides is 1. The molecular formula is C27H27Cl2N3O. The van der Waals surface area contributed by atoms with E-state index in [1.807, 2.05) is 73.4 Å². The molecule has 170 valence electrons. The van der Waals surface area contributed by atoms with Crippen LogP contribution in [0.25, 0.3) is 0 Å². The first-order valence-corrected chi connectivity index (χ1v) is 11.7. The number of halogens is 2. The van der Waals surface area contributed by atoms with Crippen molar-refractivity contribution in [3.63, 3.8) is 0 Å². The van der Waals surface area contributed by atoms with Crippen LogP contribution in [0, 0.1) is 12.3 Å². The lowest BCUT2D eigenvalue weighted by molar-refractivity contribution is -0.131. The maximum atomic E-state index is 14.1. The largest absolute Gasteiger partial charge is 0.397 e. The molecule has 1 aliphatic rings. The zero-order chi connectivity index (χ0) is 23.8. The number of benzene rings is 2. The number of hydrogen-bond donors (Lipinski definition) is 1. The zero-order valence-corrected chi connectivity index (χ0v) is 20.3. The second kappa shape index (κ2) is 9.20. The molecule has 1 aliphatic heterocycles. The molecule has 2 heterocycles. The first-order chi connectivity index (χ1) is 15.7. The highest BCUT2D eigenvalue weighted by molar-refractivity contribution is 6.30. The van der Waals surface area contributed by atoms with Crippen molar-refractivity contribution in [1.29, 1.82) is 0 Å². The van der Waals surface area contributed by atoms with Gasteiger partial charge in [-0.25, -0.2) is 4.98 Å². The van der Waals surface area contributed by atoms with Crippen molar-refractivity contribution >= 4 is 40.6 Å². The summed E-state index contributed by atoms with van der Waals surface area (Å²) in [5.41, 5.74) is 8.79. The Morgan fingerprint density at radius 2 is 1.88 bits per heavy atom. The third kappa shape index (κ3) is 4.50. The summed E-state index contributed by atoms with van der Waals surface area (Å²) in [6.07, 6.45) is 4.62. The third-order valence-corrected chi connectivity index (χ3v) is 6.94. The Kier molecular flexibility index (Phi) is 6.51. The van der Waals surface area contributed by atoms with E-state index in [-0.39, 0.29) is 17.9 Å². The SMILES string of the molecule is C=CC[C@@]1(C)CC(c2cccc(Cl)c2)C(c2ccc(Cl)cc2)N(c2ncc(N)cc2C)C1=O.